The third kappa shape index (κ3) is 3.28. The Morgan fingerprint density at radius 1 is 1.29 bits per heavy atom. The molecule has 0 radical (unpaired) electrons. The molecule has 1 heterocycles. The molecule has 0 spiro atoms. The van der Waals surface area contributed by atoms with E-state index in [0.717, 1.165) is 38.8 Å². The van der Waals surface area contributed by atoms with E-state index in [-0.39, 0.29) is 18.1 Å². The highest BCUT2D eigenvalue weighted by Crippen LogP contribution is 2.20. The van der Waals surface area contributed by atoms with Crippen molar-refractivity contribution in [3.8, 4) is 0 Å². The highest BCUT2D eigenvalue weighted by Gasteiger charge is 2.27. The Kier molecular flexibility index (Phi) is 4.15. The minimum absolute atomic E-state index is 0.0919. The fourth-order valence-corrected chi connectivity index (χ4v) is 2.59. The molecule has 1 aliphatic heterocycles. The van der Waals surface area contributed by atoms with E-state index in [2.05, 4.69) is 0 Å². The number of hydrogen-bond acceptors (Lipinski definition) is 3. The van der Waals surface area contributed by atoms with Gasteiger partial charge in [0.25, 0.3) is 5.91 Å². The second-order valence-corrected chi connectivity index (χ2v) is 5.05. The minimum Gasteiger partial charge on any atom is -0.365 e. The van der Waals surface area contributed by atoms with E-state index in [1.54, 1.807) is 0 Å². The van der Waals surface area contributed by atoms with Gasteiger partial charge in [-0.05, 0) is 32.6 Å². The molecule has 0 N–H and O–H groups in total. The topological polar surface area (TPSA) is 46.6 Å². The van der Waals surface area contributed by atoms with Crippen LogP contribution in [0.1, 0.15) is 45.4 Å². The molecule has 0 aromatic rings. The molecule has 0 aromatic heterocycles. The first kappa shape index (κ1) is 12.6. The molecule has 4 heteroatoms. The van der Waals surface area contributed by atoms with Gasteiger partial charge >= 0.3 is 0 Å². The lowest BCUT2D eigenvalue weighted by Crippen LogP contribution is -2.39. The molecule has 1 aliphatic carbocycles. The smallest absolute Gasteiger partial charge is 0.251 e. The summed E-state index contributed by atoms with van der Waals surface area (Å²) in [6, 6.07) is 0. The van der Waals surface area contributed by atoms with Crippen LogP contribution in [0.4, 0.5) is 0 Å². The molecule has 4 nitrogen and oxygen atoms in total. The van der Waals surface area contributed by atoms with Crippen LogP contribution in [0.2, 0.25) is 0 Å². The fourth-order valence-electron chi connectivity index (χ4n) is 2.59. The van der Waals surface area contributed by atoms with Gasteiger partial charge in [0.1, 0.15) is 11.9 Å². The molecule has 1 amide bonds. The molecule has 2 aliphatic rings. The summed E-state index contributed by atoms with van der Waals surface area (Å²) in [5.41, 5.74) is 0. The van der Waals surface area contributed by atoms with Crippen molar-refractivity contribution in [1.82, 2.24) is 4.90 Å². The summed E-state index contributed by atoms with van der Waals surface area (Å²) in [5.74, 6) is 0.433. The zero-order valence-electron chi connectivity index (χ0n) is 10.5. The van der Waals surface area contributed by atoms with Crippen molar-refractivity contribution >= 4 is 11.7 Å². The van der Waals surface area contributed by atoms with Gasteiger partial charge in [-0.25, -0.2) is 0 Å². The molecule has 1 saturated carbocycles. The van der Waals surface area contributed by atoms with E-state index < -0.39 is 0 Å². The highest BCUT2D eigenvalue weighted by molar-refractivity contribution is 5.81. The first-order chi connectivity index (χ1) is 8.16. The van der Waals surface area contributed by atoms with Crippen LogP contribution < -0.4 is 0 Å². The number of amides is 1. The maximum Gasteiger partial charge on any atom is 0.251 e. The lowest BCUT2D eigenvalue weighted by Gasteiger charge is -2.27. The summed E-state index contributed by atoms with van der Waals surface area (Å²) in [5, 5.41) is 0. The molecule has 17 heavy (non-hydrogen) atoms. The SMILES string of the molecule is CC(OC1CCC(=O)CC1)C(=O)N1CCCC1. The third-order valence-electron chi connectivity index (χ3n) is 3.65. The van der Waals surface area contributed by atoms with Gasteiger partial charge in [-0.3, -0.25) is 9.59 Å². The van der Waals surface area contributed by atoms with Gasteiger partial charge in [-0.1, -0.05) is 0 Å². The van der Waals surface area contributed by atoms with Gasteiger partial charge in [-0.2, -0.15) is 0 Å². The monoisotopic (exact) mass is 239 g/mol. The van der Waals surface area contributed by atoms with Gasteiger partial charge in [0.05, 0.1) is 6.10 Å². The Hall–Kier alpha value is -0.900. The van der Waals surface area contributed by atoms with Crippen LogP contribution in [-0.2, 0) is 14.3 Å². The van der Waals surface area contributed by atoms with E-state index >= 15 is 0 Å². The second kappa shape index (κ2) is 5.63. The minimum atomic E-state index is -0.355. The molecule has 1 saturated heterocycles. The highest BCUT2D eigenvalue weighted by atomic mass is 16.5. The molecule has 2 fully saturated rings. The molecule has 96 valence electrons. The van der Waals surface area contributed by atoms with Crippen LogP contribution in [-0.4, -0.2) is 41.9 Å². The molecular weight excluding hydrogens is 218 g/mol. The van der Waals surface area contributed by atoms with E-state index in [4.69, 9.17) is 4.74 Å². The van der Waals surface area contributed by atoms with Crippen LogP contribution in [0.3, 0.4) is 0 Å². The van der Waals surface area contributed by atoms with Gasteiger partial charge in [-0.15, -0.1) is 0 Å². The Morgan fingerprint density at radius 3 is 2.47 bits per heavy atom. The molecule has 1 atom stereocenters. The Labute approximate surface area is 102 Å². The first-order valence-electron chi connectivity index (χ1n) is 6.63. The van der Waals surface area contributed by atoms with Crippen molar-refractivity contribution in [2.75, 3.05) is 13.1 Å². The van der Waals surface area contributed by atoms with Crippen LogP contribution >= 0.6 is 0 Å². The first-order valence-corrected chi connectivity index (χ1v) is 6.63. The van der Waals surface area contributed by atoms with E-state index in [0.29, 0.717) is 18.6 Å². The molecule has 0 bridgehead atoms. The zero-order chi connectivity index (χ0) is 12.3. The van der Waals surface area contributed by atoms with E-state index in [9.17, 15) is 9.59 Å². The number of hydrogen-bond donors (Lipinski definition) is 0. The second-order valence-electron chi connectivity index (χ2n) is 5.05. The van der Waals surface area contributed by atoms with Crippen molar-refractivity contribution in [2.24, 2.45) is 0 Å². The Morgan fingerprint density at radius 2 is 1.88 bits per heavy atom. The van der Waals surface area contributed by atoms with Crippen molar-refractivity contribution in [1.29, 1.82) is 0 Å². The number of carbonyl (C=O) groups excluding carboxylic acids is 2. The van der Waals surface area contributed by atoms with Gasteiger partial charge < -0.3 is 9.64 Å². The number of likely N-dealkylation sites (tertiary alicyclic amines) is 1. The molecule has 0 aromatic carbocycles. The predicted molar refractivity (Wildman–Crippen MR) is 63.6 cm³/mol. The predicted octanol–water partition coefficient (Wildman–Crippen LogP) is 1.53. The summed E-state index contributed by atoms with van der Waals surface area (Å²) in [4.78, 5) is 25.0. The lowest BCUT2D eigenvalue weighted by atomic mass is 9.96. The number of ether oxygens (including phenoxy) is 1. The molecule has 2 rings (SSSR count). The van der Waals surface area contributed by atoms with Crippen molar-refractivity contribution in [3.63, 3.8) is 0 Å². The van der Waals surface area contributed by atoms with Crippen LogP contribution in [0.25, 0.3) is 0 Å². The molecule has 1 unspecified atom stereocenters. The van der Waals surface area contributed by atoms with Crippen molar-refractivity contribution in [2.45, 2.75) is 57.7 Å². The maximum absolute atomic E-state index is 12.0. The van der Waals surface area contributed by atoms with Gasteiger partial charge in [0, 0.05) is 25.9 Å². The zero-order valence-corrected chi connectivity index (χ0v) is 10.5. The number of carbonyl (C=O) groups is 2. The number of rotatable bonds is 3. The average molecular weight is 239 g/mol. The van der Waals surface area contributed by atoms with Crippen molar-refractivity contribution < 1.29 is 14.3 Å². The lowest BCUT2D eigenvalue weighted by molar-refractivity contribution is -0.147. The number of nitrogens with zero attached hydrogens (tertiary/aromatic N) is 1. The van der Waals surface area contributed by atoms with Gasteiger partial charge in [0.15, 0.2) is 0 Å². The van der Waals surface area contributed by atoms with Gasteiger partial charge in [0.2, 0.25) is 0 Å². The van der Waals surface area contributed by atoms with Crippen LogP contribution in [0, 0.1) is 0 Å². The normalized spacial score (nSPS) is 24.1. The molecular formula is C13H21NO3. The standard InChI is InChI=1S/C13H21NO3/c1-10(13(16)14-8-2-3-9-14)17-12-6-4-11(15)5-7-12/h10,12H,2-9H2,1H3. The Balaban J connectivity index is 1.77. The summed E-state index contributed by atoms with van der Waals surface area (Å²) in [6.45, 7) is 3.57. The largest absolute Gasteiger partial charge is 0.365 e. The average Bonchev–Trinajstić information content (AvgIpc) is 2.84. The van der Waals surface area contributed by atoms with E-state index in [1.807, 2.05) is 11.8 Å². The summed E-state index contributed by atoms with van der Waals surface area (Å²) < 4.78 is 5.77. The van der Waals surface area contributed by atoms with Crippen LogP contribution in [0.15, 0.2) is 0 Å². The quantitative estimate of drug-likeness (QED) is 0.750. The summed E-state index contributed by atoms with van der Waals surface area (Å²) in [6.07, 6.45) is 4.71. The summed E-state index contributed by atoms with van der Waals surface area (Å²) in [7, 11) is 0. The van der Waals surface area contributed by atoms with Crippen LogP contribution in [0.5, 0.6) is 0 Å². The Bertz CT molecular complexity index is 287. The fraction of sp³-hybridized carbons (Fsp3) is 0.846. The number of ketones is 1. The van der Waals surface area contributed by atoms with Crippen molar-refractivity contribution in [3.05, 3.63) is 0 Å². The van der Waals surface area contributed by atoms with E-state index in [1.165, 1.54) is 0 Å². The third-order valence-corrected chi connectivity index (χ3v) is 3.65. The maximum atomic E-state index is 12.0. The summed E-state index contributed by atoms with van der Waals surface area (Å²) >= 11 is 0. The number of Topliss-reactive ketones (excluding diaryl/α,β-unsaturated/α-hetero) is 1.